The number of carbonyl (C=O) groups is 1. The van der Waals surface area contributed by atoms with Crippen molar-refractivity contribution in [3.63, 3.8) is 0 Å². The normalized spacial score (nSPS) is 10.6. The number of nitrogens with zero attached hydrogens (tertiary/aromatic N) is 2. The molecule has 6 nitrogen and oxygen atoms in total. The minimum Gasteiger partial charge on any atom is -0.497 e. The van der Waals surface area contributed by atoms with Crippen LogP contribution in [0, 0.1) is 11.6 Å². The molecule has 4 aromatic rings. The predicted molar refractivity (Wildman–Crippen MR) is 118 cm³/mol. The van der Waals surface area contributed by atoms with E-state index in [0.717, 1.165) is 11.1 Å². The summed E-state index contributed by atoms with van der Waals surface area (Å²) < 4.78 is 39.0. The first kappa shape index (κ1) is 22.0. The molecule has 0 aliphatic rings. The van der Waals surface area contributed by atoms with Gasteiger partial charge in [-0.1, -0.05) is 24.3 Å². The van der Waals surface area contributed by atoms with Crippen molar-refractivity contribution in [1.29, 1.82) is 0 Å². The van der Waals surface area contributed by atoms with E-state index in [2.05, 4.69) is 10.4 Å². The fourth-order valence-electron chi connectivity index (χ4n) is 3.14. The molecule has 1 N–H and O–H groups in total. The molecule has 0 radical (unpaired) electrons. The SMILES string of the molecule is COc1cccc(CNC(=O)c2nn(-c3ccc(F)cc3)cc2OCc2ccc(F)cc2)c1. The molecule has 33 heavy (non-hydrogen) atoms. The summed E-state index contributed by atoms with van der Waals surface area (Å²) in [5, 5.41) is 7.18. The first-order valence-corrected chi connectivity index (χ1v) is 10.2. The zero-order valence-electron chi connectivity index (χ0n) is 17.8. The lowest BCUT2D eigenvalue weighted by Crippen LogP contribution is -2.24. The third-order valence-corrected chi connectivity index (χ3v) is 4.88. The van der Waals surface area contributed by atoms with Crippen LogP contribution in [0.25, 0.3) is 5.69 Å². The lowest BCUT2D eigenvalue weighted by Gasteiger charge is -2.08. The third-order valence-electron chi connectivity index (χ3n) is 4.88. The second-order valence-electron chi connectivity index (χ2n) is 7.21. The molecule has 4 rings (SSSR count). The van der Waals surface area contributed by atoms with Gasteiger partial charge in [-0.25, -0.2) is 13.5 Å². The van der Waals surface area contributed by atoms with Crippen LogP contribution < -0.4 is 14.8 Å². The minimum absolute atomic E-state index is 0.0735. The molecule has 0 atom stereocenters. The summed E-state index contributed by atoms with van der Waals surface area (Å²) in [4.78, 5) is 12.9. The van der Waals surface area contributed by atoms with E-state index in [1.54, 1.807) is 37.6 Å². The Morgan fingerprint density at radius 3 is 2.36 bits per heavy atom. The number of rotatable bonds is 8. The fourth-order valence-corrected chi connectivity index (χ4v) is 3.14. The summed E-state index contributed by atoms with van der Waals surface area (Å²) >= 11 is 0. The lowest BCUT2D eigenvalue weighted by molar-refractivity contribution is 0.0941. The number of nitrogens with one attached hydrogen (secondary N) is 1. The Bertz CT molecular complexity index is 1240. The van der Waals surface area contributed by atoms with Crippen molar-refractivity contribution in [2.45, 2.75) is 13.2 Å². The Morgan fingerprint density at radius 1 is 0.970 bits per heavy atom. The van der Waals surface area contributed by atoms with Crippen molar-refractivity contribution < 1.29 is 23.0 Å². The van der Waals surface area contributed by atoms with Crippen molar-refractivity contribution in [2.75, 3.05) is 7.11 Å². The van der Waals surface area contributed by atoms with E-state index in [-0.39, 0.29) is 36.2 Å². The van der Waals surface area contributed by atoms with E-state index in [0.29, 0.717) is 11.4 Å². The number of halogens is 2. The van der Waals surface area contributed by atoms with Gasteiger partial charge in [0.25, 0.3) is 5.91 Å². The molecular formula is C25H21F2N3O3. The average molecular weight is 449 g/mol. The van der Waals surface area contributed by atoms with Crippen LogP contribution in [-0.4, -0.2) is 22.8 Å². The first-order chi connectivity index (χ1) is 16.0. The molecule has 0 bridgehead atoms. The summed E-state index contributed by atoms with van der Waals surface area (Å²) in [6, 6.07) is 18.9. The minimum atomic E-state index is -0.437. The van der Waals surface area contributed by atoms with Gasteiger partial charge in [0.1, 0.15) is 24.0 Å². The van der Waals surface area contributed by atoms with Crippen LogP contribution in [0.1, 0.15) is 21.6 Å². The second kappa shape index (κ2) is 9.95. The van der Waals surface area contributed by atoms with Crippen LogP contribution in [0.3, 0.4) is 0 Å². The Hall–Kier alpha value is -4.20. The maximum atomic E-state index is 13.3. The fraction of sp³-hybridized carbons (Fsp3) is 0.120. The number of hydrogen-bond acceptors (Lipinski definition) is 4. The van der Waals surface area contributed by atoms with Crippen LogP contribution in [0.2, 0.25) is 0 Å². The van der Waals surface area contributed by atoms with Crippen molar-refractivity contribution in [1.82, 2.24) is 15.1 Å². The van der Waals surface area contributed by atoms with Gasteiger partial charge in [0.15, 0.2) is 11.4 Å². The summed E-state index contributed by atoms with van der Waals surface area (Å²) in [7, 11) is 1.57. The maximum Gasteiger partial charge on any atom is 0.275 e. The molecule has 8 heteroatoms. The highest BCUT2D eigenvalue weighted by molar-refractivity contribution is 5.94. The van der Waals surface area contributed by atoms with Crippen LogP contribution >= 0.6 is 0 Å². The number of hydrogen-bond donors (Lipinski definition) is 1. The van der Waals surface area contributed by atoms with Gasteiger partial charge in [0.2, 0.25) is 0 Å². The Morgan fingerprint density at radius 2 is 1.67 bits per heavy atom. The molecule has 0 fully saturated rings. The number of methoxy groups -OCH3 is 1. The van der Waals surface area contributed by atoms with E-state index >= 15 is 0 Å². The van der Waals surface area contributed by atoms with Crippen LogP contribution in [0.15, 0.2) is 79.0 Å². The molecule has 0 saturated carbocycles. The van der Waals surface area contributed by atoms with Crippen molar-refractivity contribution in [3.05, 3.63) is 107 Å². The van der Waals surface area contributed by atoms with Gasteiger partial charge in [0, 0.05) is 6.54 Å². The Balaban J connectivity index is 1.55. The van der Waals surface area contributed by atoms with E-state index in [9.17, 15) is 13.6 Å². The van der Waals surface area contributed by atoms with Crippen molar-refractivity contribution in [3.8, 4) is 17.2 Å². The molecule has 3 aromatic carbocycles. The molecule has 1 aromatic heterocycles. The molecule has 1 heterocycles. The molecular weight excluding hydrogens is 428 g/mol. The lowest BCUT2D eigenvalue weighted by atomic mass is 10.2. The van der Waals surface area contributed by atoms with E-state index < -0.39 is 5.91 Å². The second-order valence-corrected chi connectivity index (χ2v) is 7.21. The molecule has 0 saturated heterocycles. The highest BCUT2D eigenvalue weighted by atomic mass is 19.1. The molecule has 1 amide bonds. The summed E-state index contributed by atoms with van der Waals surface area (Å²) in [6.45, 7) is 0.377. The molecule has 0 spiro atoms. The smallest absolute Gasteiger partial charge is 0.275 e. The highest BCUT2D eigenvalue weighted by Crippen LogP contribution is 2.22. The van der Waals surface area contributed by atoms with Crippen LogP contribution in [-0.2, 0) is 13.2 Å². The largest absolute Gasteiger partial charge is 0.497 e. The first-order valence-electron chi connectivity index (χ1n) is 10.2. The van der Waals surface area contributed by atoms with E-state index in [4.69, 9.17) is 9.47 Å². The molecule has 0 aliphatic heterocycles. The third kappa shape index (κ3) is 5.54. The van der Waals surface area contributed by atoms with Gasteiger partial charge in [-0.2, -0.15) is 5.10 Å². The number of aromatic nitrogens is 2. The summed E-state index contributed by atoms with van der Waals surface area (Å²) in [5.41, 5.74) is 2.22. The Labute approximate surface area is 189 Å². The summed E-state index contributed by atoms with van der Waals surface area (Å²) in [5.74, 6) is -0.235. The highest BCUT2D eigenvalue weighted by Gasteiger charge is 2.19. The van der Waals surface area contributed by atoms with E-state index in [1.165, 1.54) is 28.9 Å². The summed E-state index contributed by atoms with van der Waals surface area (Å²) in [6.07, 6.45) is 1.55. The predicted octanol–water partition coefficient (Wildman–Crippen LogP) is 4.67. The van der Waals surface area contributed by atoms with Gasteiger partial charge < -0.3 is 14.8 Å². The zero-order chi connectivity index (χ0) is 23.2. The quantitative estimate of drug-likeness (QED) is 0.425. The van der Waals surface area contributed by atoms with Gasteiger partial charge in [-0.05, 0) is 59.7 Å². The van der Waals surface area contributed by atoms with Gasteiger partial charge in [-0.3, -0.25) is 4.79 Å². The van der Waals surface area contributed by atoms with Crippen molar-refractivity contribution in [2.24, 2.45) is 0 Å². The number of ether oxygens (including phenoxy) is 2. The molecule has 0 aliphatic carbocycles. The van der Waals surface area contributed by atoms with Crippen molar-refractivity contribution >= 4 is 5.91 Å². The van der Waals surface area contributed by atoms with E-state index in [1.807, 2.05) is 24.3 Å². The number of amides is 1. The Kier molecular flexibility index (Phi) is 6.64. The molecule has 0 unspecified atom stereocenters. The monoisotopic (exact) mass is 449 g/mol. The standard InChI is InChI=1S/C25H21F2N3O3/c1-32-22-4-2-3-18(13-22)14-28-25(31)24-23(33-16-17-5-7-19(26)8-6-17)15-30(29-24)21-11-9-20(27)10-12-21/h2-13,15H,14,16H2,1H3,(H,28,31). The number of carbonyl (C=O) groups excluding carboxylic acids is 1. The average Bonchev–Trinajstić information content (AvgIpc) is 3.27. The maximum absolute atomic E-state index is 13.3. The van der Waals surface area contributed by atoms with Gasteiger partial charge in [0.05, 0.1) is 19.0 Å². The zero-order valence-corrected chi connectivity index (χ0v) is 17.8. The van der Waals surface area contributed by atoms with Crippen LogP contribution in [0.4, 0.5) is 8.78 Å². The number of benzene rings is 3. The van der Waals surface area contributed by atoms with Gasteiger partial charge >= 0.3 is 0 Å². The van der Waals surface area contributed by atoms with Gasteiger partial charge in [-0.15, -0.1) is 0 Å². The molecule has 168 valence electrons. The topological polar surface area (TPSA) is 65.4 Å². The van der Waals surface area contributed by atoms with Crippen LogP contribution in [0.5, 0.6) is 11.5 Å².